The first-order valence-corrected chi connectivity index (χ1v) is 5.91. The third kappa shape index (κ3) is 2.00. The molecule has 1 aromatic carbocycles. The molecule has 80 valence electrons. The van der Waals surface area contributed by atoms with E-state index in [0.29, 0.717) is 0 Å². The van der Waals surface area contributed by atoms with E-state index in [9.17, 15) is 0 Å². The van der Waals surface area contributed by atoms with Crippen LogP contribution < -0.4 is 5.73 Å². The summed E-state index contributed by atoms with van der Waals surface area (Å²) in [5.41, 5.74) is 9.60. The van der Waals surface area contributed by atoms with Gasteiger partial charge in [-0.2, -0.15) is 0 Å². The highest BCUT2D eigenvalue weighted by Gasteiger charge is 2.24. The minimum Gasteiger partial charge on any atom is -0.399 e. The molecular formula is C13H18N2. The summed E-state index contributed by atoms with van der Waals surface area (Å²) in [6.07, 6.45) is 4.32. The van der Waals surface area contributed by atoms with Crippen molar-refractivity contribution >= 4 is 5.69 Å². The zero-order valence-electron chi connectivity index (χ0n) is 9.08. The van der Waals surface area contributed by atoms with Crippen LogP contribution in [0.1, 0.15) is 30.4 Å². The highest BCUT2D eigenvalue weighted by molar-refractivity contribution is 5.46. The lowest BCUT2D eigenvalue weighted by molar-refractivity contribution is 0.274. The summed E-state index contributed by atoms with van der Waals surface area (Å²) in [5.74, 6) is 1.04. The van der Waals surface area contributed by atoms with Crippen LogP contribution >= 0.6 is 0 Å². The van der Waals surface area contributed by atoms with Gasteiger partial charge in [-0.3, -0.25) is 4.90 Å². The van der Waals surface area contributed by atoms with Crippen LogP contribution in [-0.2, 0) is 13.1 Å². The summed E-state index contributed by atoms with van der Waals surface area (Å²) in [5, 5.41) is 0. The molecule has 1 heterocycles. The first kappa shape index (κ1) is 9.22. The quantitative estimate of drug-likeness (QED) is 0.762. The molecule has 1 fully saturated rings. The number of hydrogen-bond acceptors (Lipinski definition) is 2. The van der Waals surface area contributed by atoms with E-state index in [1.54, 1.807) is 0 Å². The number of nitrogen functional groups attached to an aromatic ring is 1. The van der Waals surface area contributed by atoms with Crippen molar-refractivity contribution in [2.75, 3.05) is 12.3 Å². The fourth-order valence-corrected chi connectivity index (χ4v) is 2.41. The molecule has 15 heavy (non-hydrogen) atoms. The maximum atomic E-state index is 5.79. The summed E-state index contributed by atoms with van der Waals surface area (Å²) in [6.45, 7) is 3.49. The van der Waals surface area contributed by atoms with E-state index in [0.717, 1.165) is 24.7 Å². The summed E-state index contributed by atoms with van der Waals surface area (Å²) in [4.78, 5) is 2.54. The minimum atomic E-state index is 0.901. The molecule has 0 unspecified atom stereocenters. The Hall–Kier alpha value is -1.02. The van der Waals surface area contributed by atoms with Gasteiger partial charge >= 0.3 is 0 Å². The lowest BCUT2D eigenvalue weighted by Gasteiger charge is -2.13. The van der Waals surface area contributed by atoms with Crippen LogP contribution in [0.3, 0.4) is 0 Å². The third-order valence-electron chi connectivity index (χ3n) is 3.57. The van der Waals surface area contributed by atoms with Crippen LogP contribution in [-0.4, -0.2) is 11.4 Å². The van der Waals surface area contributed by atoms with E-state index in [4.69, 9.17) is 5.73 Å². The van der Waals surface area contributed by atoms with Gasteiger partial charge in [0, 0.05) is 18.8 Å². The zero-order valence-corrected chi connectivity index (χ0v) is 9.08. The van der Waals surface area contributed by atoms with Crippen molar-refractivity contribution in [1.29, 1.82) is 0 Å². The lowest BCUT2D eigenvalue weighted by atomic mass is 10.1. The predicted molar refractivity (Wildman–Crippen MR) is 62.3 cm³/mol. The highest BCUT2D eigenvalue weighted by Crippen LogP contribution is 2.33. The van der Waals surface area contributed by atoms with Crippen LogP contribution in [0.15, 0.2) is 18.2 Å². The van der Waals surface area contributed by atoms with Crippen LogP contribution in [0.5, 0.6) is 0 Å². The van der Waals surface area contributed by atoms with Crippen LogP contribution in [0.4, 0.5) is 5.69 Å². The largest absolute Gasteiger partial charge is 0.399 e. The summed E-state index contributed by atoms with van der Waals surface area (Å²) >= 11 is 0. The Morgan fingerprint density at radius 1 is 1.20 bits per heavy atom. The van der Waals surface area contributed by atoms with Crippen molar-refractivity contribution < 1.29 is 0 Å². The molecule has 3 rings (SSSR count). The van der Waals surface area contributed by atoms with Crippen molar-refractivity contribution in [3.63, 3.8) is 0 Å². The topological polar surface area (TPSA) is 29.3 Å². The van der Waals surface area contributed by atoms with Crippen molar-refractivity contribution in [2.45, 2.75) is 32.4 Å². The van der Waals surface area contributed by atoms with Gasteiger partial charge in [0.2, 0.25) is 0 Å². The van der Waals surface area contributed by atoms with Crippen LogP contribution in [0.2, 0.25) is 0 Å². The number of nitrogens with two attached hydrogens (primary N) is 1. The SMILES string of the molecule is Nc1ccc2c(c1)CN(CCC1CC1)C2. The normalized spacial score (nSPS) is 20.5. The van der Waals surface area contributed by atoms with E-state index < -0.39 is 0 Å². The number of fused-ring (bicyclic) bond motifs is 1. The van der Waals surface area contributed by atoms with Gasteiger partial charge in [0.15, 0.2) is 0 Å². The van der Waals surface area contributed by atoms with Crippen molar-refractivity contribution in [1.82, 2.24) is 4.90 Å². The molecule has 0 atom stereocenters. The Kier molecular flexibility index (Phi) is 2.17. The van der Waals surface area contributed by atoms with Gasteiger partial charge in [-0.25, -0.2) is 0 Å². The number of hydrogen-bond donors (Lipinski definition) is 1. The second kappa shape index (κ2) is 3.53. The van der Waals surface area contributed by atoms with Crippen molar-refractivity contribution in [3.05, 3.63) is 29.3 Å². The Morgan fingerprint density at radius 2 is 2.00 bits per heavy atom. The first-order chi connectivity index (χ1) is 7.31. The molecule has 0 spiro atoms. The van der Waals surface area contributed by atoms with Crippen molar-refractivity contribution in [3.8, 4) is 0 Å². The molecule has 1 aromatic rings. The van der Waals surface area contributed by atoms with E-state index in [1.807, 2.05) is 6.07 Å². The van der Waals surface area contributed by atoms with Gasteiger partial charge in [-0.05, 0) is 42.1 Å². The van der Waals surface area contributed by atoms with Crippen LogP contribution in [0.25, 0.3) is 0 Å². The second-order valence-corrected chi connectivity index (χ2v) is 4.97. The van der Waals surface area contributed by atoms with Gasteiger partial charge in [0.1, 0.15) is 0 Å². The summed E-state index contributed by atoms with van der Waals surface area (Å²) < 4.78 is 0. The van der Waals surface area contributed by atoms with Gasteiger partial charge in [-0.1, -0.05) is 18.9 Å². The van der Waals surface area contributed by atoms with Crippen LogP contribution in [0, 0.1) is 5.92 Å². The molecular weight excluding hydrogens is 184 g/mol. The second-order valence-electron chi connectivity index (χ2n) is 4.97. The smallest absolute Gasteiger partial charge is 0.0317 e. The standard InChI is InChI=1S/C13H18N2/c14-13-4-3-11-8-15(9-12(11)7-13)6-5-10-1-2-10/h3-4,7,10H,1-2,5-6,8-9,14H2. The zero-order chi connectivity index (χ0) is 10.3. The average molecular weight is 202 g/mol. The van der Waals surface area contributed by atoms with Gasteiger partial charge in [0.25, 0.3) is 0 Å². The lowest BCUT2D eigenvalue weighted by Crippen LogP contribution is -2.17. The fourth-order valence-electron chi connectivity index (χ4n) is 2.41. The molecule has 2 heteroatoms. The Labute approximate surface area is 91.1 Å². The molecule has 0 aromatic heterocycles. The Bertz CT molecular complexity index is 369. The molecule has 0 radical (unpaired) electrons. The average Bonchev–Trinajstić information content (AvgIpc) is 2.95. The monoisotopic (exact) mass is 202 g/mol. The summed E-state index contributed by atoms with van der Waals surface area (Å²) in [7, 11) is 0. The highest BCUT2D eigenvalue weighted by atomic mass is 15.1. The van der Waals surface area contributed by atoms with Gasteiger partial charge < -0.3 is 5.73 Å². The fraction of sp³-hybridized carbons (Fsp3) is 0.538. The minimum absolute atomic E-state index is 0.901. The van der Waals surface area contributed by atoms with E-state index in [1.165, 1.54) is 36.9 Å². The van der Waals surface area contributed by atoms with Gasteiger partial charge in [0.05, 0.1) is 0 Å². The number of rotatable bonds is 3. The predicted octanol–water partition coefficient (Wildman–Crippen LogP) is 2.38. The number of nitrogens with zero attached hydrogens (tertiary/aromatic N) is 1. The molecule has 0 saturated heterocycles. The van der Waals surface area contributed by atoms with Crippen molar-refractivity contribution in [2.24, 2.45) is 5.92 Å². The molecule has 0 amide bonds. The first-order valence-electron chi connectivity index (χ1n) is 5.91. The molecule has 2 nitrogen and oxygen atoms in total. The van der Waals surface area contributed by atoms with E-state index >= 15 is 0 Å². The molecule has 1 saturated carbocycles. The Balaban J connectivity index is 1.63. The third-order valence-corrected chi connectivity index (χ3v) is 3.57. The van der Waals surface area contributed by atoms with Gasteiger partial charge in [-0.15, -0.1) is 0 Å². The molecule has 2 N–H and O–H groups in total. The maximum absolute atomic E-state index is 5.79. The molecule has 1 aliphatic carbocycles. The molecule has 1 aliphatic heterocycles. The molecule has 0 bridgehead atoms. The number of anilines is 1. The summed E-state index contributed by atoms with van der Waals surface area (Å²) in [6, 6.07) is 6.33. The number of benzene rings is 1. The Morgan fingerprint density at radius 3 is 2.80 bits per heavy atom. The van der Waals surface area contributed by atoms with E-state index in [-0.39, 0.29) is 0 Å². The van der Waals surface area contributed by atoms with E-state index in [2.05, 4.69) is 17.0 Å². The maximum Gasteiger partial charge on any atom is 0.0317 e. The molecule has 2 aliphatic rings.